The second-order valence-corrected chi connectivity index (χ2v) is 2.79. The van der Waals surface area contributed by atoms with Crippen molar-refractivity contribution in [3.63, 3.8) is 0 Å². The lowest BCUT2D eigenvalue weighted by Crippen LogP contribution is -2.04. The largest absolute Gasteiger partial charge is 0.478 e. The van der Waals surface area contributed by atoms with E-state index >= 15 is 0 Å². The second kappa shape index (κ2) is 2.69. The normalized spacial score (nSPS) is 10.6. The van der Waals surface area contributed by atoms with Crippen molar-refractivity contribution < 1.29 is 14.3 Å². The van der Waals surface area contributed by atoms with Crippen LogP contribution < -0.4 is 5.73 Å². The van der Waals surface area contributed by atoms with Crippen LogP contribution in [0.2, 0.25) is 0 Å². The van der Waals surface area contributed by atoms with E-state index in [-0.39, 0.29) is 22.2 Å². The van der Waals surface area contributed by atoms with Crippen molar-refractivity contribution in [2.75, 3.05) is 5.73 Å². The Morgan fingerprint density at radius 2 is 2.36 bits per heavy atom. The first kappa shape index (κ1) is 8.49. The molecule has 0 aliphatic rings. The lowest BCUT2D eigenvalue weighted by atomic mass is 10.1. The van der Waals surface area contributed by atoms with Gasteiger partial charge in [0.05, 0.1) is 22.8 Å². The summed E-state index contributed by atoms with van der Waals surface area (Å²) in [5, 5.41) is 14.9. The molecule has 2 aromatic rings. The molecular formula is C8H6FN3O2. The lowest BCUT2D eigenvalue weighted by Gasteiger charge is -2.02. The quantitative estimate of drug-likeness (QED) is 0.591. The fourth-order valence-corrected chi connectivity index (χ4v) is 1.32. The Hall–Kier alpha value is -2.11. The molecule has 14 heavy (non-hydrogen) atoms. The van der Waals surface area contributed by atoms with Crippen LogP contribution >= 0.6 is 0 Å². The summed E-state index contributed by atoms with van der Waals surface area (Å²) >= 11 is 0. The fraction of sp³-hybridized carbons (Fsp3) is 0. The molecule has 0 saturated carbocycles. The number of benzene rings is 1. The number of carbonyl (C=O) groups is 1. The molecule has 0 atom stereocenters. The summed E-state index contributed by atoms with van der Waals surface area (Å²) < 4.78 is 13.2. The van der Waals surface area contributed by atoms with Crippen LogP contribution in [0.3, 0.4) is 0 Å². The number of aromatic nitrogens is 2. The first-order chi connectivity index (χ1) is 6.61. The Balaban J connectivity index is 2.93. The Bertz CT molecular complexity index is 521. The number of nitrogen functional groups attached to an aromatic ring is 1. The Morgan fingerprint density at radius 1 is 1.64 bits per heavy atom. The standard InChI is InChI=1S/C8H6FN3O2/c9-4-1-5(10)6(8(13)14)7-3(4)2-11-12-7/h1-2H,10H2,(H,11,12)(H,13,14). The molecule has 6 heteroatoms. The van der Waals surface area contributed by atoms with Crippen LogP contribution in [-0.4, -0.2) is 21.3 Å². The highest BCUT2D eigenvalue weighted by Crippen LogP contribution is 2.25. The van der Waals surface area contributed by atoms with Crippen molar-refractivity contribution in [3.05, 3.63) is 23.6 Å². The number of hydrogen-bond donors (Lipinski definition) is 3. The molecule has 5 nitrogen and oxygen atoms in total. The lowest BCUT2D eigenvalue weighted by molar-refractivity contribution is 0.0700. The predicted molar refractivity (Wildman–Crippen MR) is 47.4 cm³/mol. The van der Waals surface area contributed by atoms with Crippen LogP contribution in [0.1, 0.15) is 10.4 Å². The number of carboxylic acids is 1. The van der Waals surface area contributed by atoms with Gasteiger partial charge in [-0.15, -0.1) is 0 Å². The molecule has 0 amide bonds. The van der Waals surface area contributed by atoms with Crippen LogP contribution in [0.4, 0.5) is 10.1 Å². The highest BCUT2D eigenvalue weighted by molar-refractivity contribution is 6.06. The molecule has 1 heterocycles. The van der Waals surface area contributed by atoms with Crippen molar-refractivity contribution >= 4 is 22.6 Å². The van der Waals surface area contributed by atoms with Crippen LogP contribution in [0.15, 0.2) is 12.3 Å². The van der Waals surface area contributed by atoms with E-state index in [9.17, 15) is 9.18 Å². The Kier molecular flexibility index (Phi) is 1.63. The van der Waals surface area contributed by atoms with E-state index in [4.69, 9.17) is 10.8 Å². The number of H-pyrrole nitrogens is 1. The Morgan fingerprint density at radius 3 is 3.00 bits per heavy atom. The fourth-order valence-electron chi connectivity index (χ4n) is 1.32. The molecule has 1 aromatic carbocycles. The summed E-state index contributed by atoms with van der Waals surface area (Å²) in [7, 11) is 0. The van der Waals surface area contributed by atoms with E-state index in [1.54, 1.807) is 0 Å². The van der Waals surface area contributed by atoms with Gasteiger partial charge in [-0.25, -0.2) is 9.18 Å². The topological polar surface area (TPSA) is 92.0 Å². The van der Waals surface area contributed by atoms with Crippen LogP contribution in [0.25, 0.3) is 10.9 Å². The summed E-state index contributed by atoms with van der Waals surface area (Å²) in [5.74, 6) is -1.80. The summed E-state index contributed by atoms with van der Waals surface area (Å²) in [6, 6.07) is 0.974. The summed E-state index contributed by atoms with van der Waals surface area (Å²) in [5.41, 5.74) is 5.21. The first-order valence-electron chi connectivity index (χ1n) is 3.75. The van der Waals surface area contributed by atoms with Gasteiger partial charge in [0.1, 0.15) is 11.4 Å². The molecule has 0 saturated heterocycles. The molecule has 2 rings (SSSR count). The maximum absolute atomic E-state index is 13.2. The van der Waals surface area contributed by atoms with Crippen molar-refractivity contribution in [1.29, 1.82) is 0 Å². The molecule has 0 fully saturated rings. The molecule has 0 spiro atoms. The van der Waals surface area contributed by atoms with Gasteiger partial charge >= 0.3 is 5.97 Å². The van der Waals surface area contributed by atoms with Gasteiger partial charge in [0.2, 0.25) is 0 Å². The number of aromatic carboxylic acids is 1. The van der Waals surface area contributed by atoms with E-state index in [0.717, 1.165) is 6.07 Å². The van der Waals surface area contributed by atoms with E-state index in [2.05, 4.69) is 10.2 Å². The summed E-state index contributed by atoms with van der Waals surface area (Å²) in [6.07, 6.45) is 1.22. The summed E-state index contributed by atoms with van der Waals surface area (Å²) in [4.78, 5) is 10.8. The zero-order valence-electron chi connectivity index (χ0n) is 6.91. The number of nitrogens with two attached hydrogens (primary N) is 1. The average Bonchev–Trinajstić information content (AvgIpc) is 2.51. The molecule has 72 valence electrons. The van der Waals surface area contributed by atoms with Gasteiger partial charge < -0.3 is 10.8 Å². The minimum absolute atomic E-state index is 0.106. The van der Waals surface area contributed by atoms with Gasteiger partial charge in [0, 0.05) is 0 Å². The molecule has 0 bridgehead atoms. The van der Waals surface area contributed by atoms with E-state index < -0.39 is 11.8 Å². The minimum Gasteiger partial charge on any atom is -0.478 e. The highest BCUT2D eigenvalue weighted by atomic mass is 19.1. The second-order valence-electron chi connectivity index (χ2n) is 2.79. The number of nitrogens with zero attached hydrogens (tertiary/aromatic N) is 1. The average molecular weight is 195 g/mol. The zero-order valence-corrected chi connectivity index (χ0v) is 6.91. The molecule has 0 unspecified atom stereocenters. The van der Waals surface area contributed by atoms with E-state index in [1.807, 2.05) is 0 Å². The number of halogens is 1. The molecule has 1 aromatic heterocycles. The van der Waals surface area contributed by atoms with Gasteiger partial charge in [-0.2, -0.15) is 5.10 Å². The zero-order chi connectivity index (χ0) is 10.3. The number of nitrogens with one attached hydrogen (secondary N) is 1. The number of aromatic amines is 1. The molecule has 0 radical (unpaired) electrons. The molecule has 0 aliphatic carbocycles. The van der Waals surface area contributed by atoms with Crippen molar-refractivity contribution in [2.45, 2.75) is 0 Å². The highest BCUT2D eigenvalue weighted by Gasteiger charge is 2.17. The van der Waals surface area contributed by atoms with E-state index in [0.29, 0.717) is 0 Å². The molecule has 0 aliphatic heterocycles. The minimum atomic E-state index is -1.21. The van der Waals surface area contributed by atoms with Crippen molar-refractivity contribution in [3.8, 4) is 0 Å². The van der Waals surface area contributed by atoms with Crippen molar-refractivity contribution in [2.24, 2.45) is 0 Å². The number of hydrogen-bond acceptors (Lipinski definition) is 3. The number of rotatable bonds is 1. The van der Waals surface area contributed by atoms with Gasteiger partial charge in [0.15, 0.2) is 0 Å². The Labute approximate surface area is 77.3 Å². The first-order valence-corrected chi connectivity index (χ1v) is 3.75. The van der Waals surface area contributed by atoms with Crippen LogP contribution in [-0.2, 0) is 0 Å². The third-order valence-corrected chi connectivity index (χ3v) is 1.93. The predicted octanol–water partition coefficient (Wildman–Crippen LogP) is 0.982. The maximum Gasteiger partial charge on any atom is 0.340 e. The summed E-state index contributed by atoms with van der Waals surface area (Å²) in [6.45, 7) is 0. The van der Waals surface area contributed by atoms with Crippen LogP contribution in [0.5, 0.6) is 0 Å². The van der Waals surface area contributed by atoms with Gasteiger partial charge in [-0.3, -0.25) is 5.10 Å². The maximum atomic E-state index is 13.2. The monoisotopic (exact) mass is 195 g/mol. The number of fused-ring (bicyclic) bond motifs is 1. The van der Waals surface area contributed by atoms with Gasteiger partial charge in [0.25, 0.3) is 0 Å². The number of anilines is 1. The number of carboxylic acid groups (broad SMARTS) is 1. The van der Waals surface area contributed by atoms with Crippen molar-refractivity contribution in [1.82, 2.24) is 10.2 Å². The SMILES string of the molecule is Nc1cc(F)c2cn[nH]c2c1C(=O)O. The van der Waals surface area contributed by atoms with Gasteiger partial charge in [-0.05, 0) is 6.07 Å². The molecular weight excluding hydrogens is 189 g/mol. The van der Waals surface area contributed by atoms with Gasteiger partial charge in [-0.1, -0.05) is 0 Å². The smallest absolute Gasteiger partial charge is 0.340 e. The third kappa shape index (κ3) is 1.00. The van der Waals surface area contributed by atoms with Crippen LogP contribution in [0, 0.1) is 5.82 Å². The molecule has 4 N–H and O–H groups in total. The van der Waals surface area contributed by atoms with E-state index in [1.165, 1.54) is 6.20 Å². The third-order valence-electron chi connectivity index (χ3n) is 1.93.